The average molecular weight is 284 g/mol. The molecule has 0 radical (unpaired) electrons. The number of likely N-dealkylation sites (N-methyl/N-ethyl adjacent to an activating group) is 1. The van der Waals surface area contributed by atoms with Gasteiger partial charge in [-0.15, -0.1) is 0 Å². The molecule has 5 nitrogen and oxygen atoms in total. The first kappa shape index (κ1) is 15.7. The van der Waals surface area contributed by atoms with Crippen molar-refractivity contribution in [3.63, 3.8) is 0 Å². The third-order valence-electron chi connectivity index (χ3n) is 2.90. The van der Waals surface area contributed by atoms with Crippen LogP contribution >= 0.6 is 0 Å². The number of carbonyl (C=O) groups excluding carboxylic acids is 1. The Labute approximate surface area is 114 Å². The van der Waals surface area contributed by atoms with E-state index in [1.54, 1.807) is 7.05 Å². The van der Waals surface area contributed by atoms with Crippen LogP contribution in [0.25, 0.3) is 0 Å². The summed E-state index contributed by atoms with van der Waals surface area (Å²) in [5.41, 5.74) is 7.44. The largest absolute Gasteiger partial charge is 0.344 e. The first-order chi connectivity index (χ1) is 8.83. The molecule has 0 heterocycles. The lowest BCUT2D eigenvalue weighted by molar-refractivity contribution is -0.128. The molecule has 1 rings (SSSR count). The number of benzene rings is 1. The molecule has 1 aromatic rings. The number of hydrogen-bond acceptors (Lipinski definition) is 4. The number of sulfone groups is 1. The van der Waals surface area contributed by atoms with E-state index in [1.165, 1.54) is 4.90 Å². The molecule has 1 amide bonds. The molecule has 0 saturated carbocycles. The Hall–Kier alpha value is -1.40. The maximum atomic E-state index is 12.0. The van der Waals surface area contributed by atoms with Crippen molar-refractivity contribution in [3.8, 4) is 0 Å². The van der Waals surface area contributed by atoms with Gasteiger partial charge < -0.3 is 10.6 Å². The summed E-state index contributed by atoms with van der Waals surface area (Å²) in [6.07, 6.45) is 1.41. The van der Waals surface area contributed by atoms with Gasteiger partial charge in [0.25, 0.3) is 0 Å². The van der Waals surface area contributed by atoms with Crippen LogP contribution in [0.1, 0.15) is 11.1 Å². The smallest absolute Gasteiger partial charge is 0.226 e. The summed E-state index contributed by atoms with van der Waals surface area (Å²) in [7, 11) is -1.44. The zero-order valence-corrected chi connectivity index (χ0v) is 12.1. The van der Waals surface area contributed by atoms with E-state index < -0.39 is 9.84 Å². The number of hydrogen-bond donors (Lipinski definition) is 1. The second-order valence-electron chi connectivity index (χ2n) is 4.59. The van der Waals surface area contributed by atoms with E-state index in [-0.39, 0.29) is 24.6 Å². The second kappa shape index (κ2) is 6.68. The van der Waals surface area contributed by atoms with Gasteiger partial charge in [-0.3, -0.25) is 4.79 Å². The third-order valence-corrected chi connectivity index (χ3v) is 3.83. The molecular weight excluding hydrogens is 264 g/mol. The monoisotopic (exact) mass is 284 g/mol. The molecule has 0 unspecified atom stereocenters. The van der Waals surface area contributed by atoms with E-state index in [4.69, 9.17) is 5.73 Å². The second-order valence-corrected chi connectivity index (χ2v) is 6.85. The van der Waals surface area contributed by atoms with Gasteiger partial charge in [-0.1, -0.05) is 24.3 Å². The molecule has 0 aliphatic rings. The van der Waals surface area contributed by atoms with Crippen LogP contribution in [-0.4, -0.2) is 44.8 Å². The van der Waals surface area contributed by atoms with E-state index in [0.29, 0.717) is 6.54 Å². The van der Waals surface area contributed by atoms with Gasteiger partial charge in [0, 0.05) is 26.4 Å². The number of amides is 1. The fourth-order valence-corrected chi connectivity index (χ4v) is 2.26. The van der Waals surface area contributed by atoms with Gasteiger partial charge in [-0.25, -0.2) is 8.42 Å². The van der Waals surface area contributed by atoms with Crippen molar-refractivity contribution in [1.82, 2.24) is 4.90 Å². The summed E-state index contributed by atoms with van der Waals surface area (Å²) in [5.74, 6) is -0.127. The minimum Gasteiger partial charge on any atom is -0.344 e. The molecule has 0 aliphatic heterocycles. The van der Waals surface area contributed by atoms with Crippen LogP contribution in [0.2, 0.25) is 0 Å². The lowest BCUT2D eigenvalue weighted by atomic mass is 10.0. The van der Waals surface area contributed by atoms with Crippen LogP contribution < -0.4 is 5.73 Å². The molecule has 0 fully saturated rings. The molecule has 0 saturated heterocycles. The topological polar surface area (TPSA) is 80.5 Å². The van der Waals surface area contributed by atoms with Crippen LogP contribution in [0.15, 0.2) is 24.3 Å². The van der Waals surface area contributed by atoms with Gasteiger partial charge in [0.1, 0.15) is 9.84 Å². The number of nitrogens with two attached hydrogens (primary N) is 1. The summed E-state index contributed by atoms with van der Waals surface area (Å²) in [6, 6.07) is 7.49. The normalized spacial score (nSPS) is 11.3. The molecule has 0 bridgehead atoms. The molecule has 106 valence electrons. The predicted molar refractivity (Wildman–Crippen MR) is 75.4 cm³/mol. The van der Waals surface area contributed by atoms with Crippen molar-refractivity contribution in [3.05, 3.63) is 35.4 Å². The van der Waals surface area contributed by atoms with Crippen LogP contribution in [-0.2, 0) is 27.6 Å². The summed E-state index contributed by atoms with van der Waals surface area (Å²) >= 11 is 0. The molecule has 0 spiro atoms. The predicted octanol–water partition coefficient (Wildman–Crippen LogP) is 0.191. The Balaban J connectivity index is 2.64. The van der Waals surface area contributed by atoms with E-state index in [1.807, 2.05) is 24.3 Å². The summed E-state index contributed by atoms with van der Waals surface area (Å²) < 4.78 is 22.1. The molecular formula is C13H20N2O3S. The van der Waals surface area contributed by atoms with Crippen molar-refractivity contribution in [1.29, 1.82) is 0 Å². The van der Waals surface area contributed by atoms with Gasteiger partial charge in [0.15, 0.2) is 0 Å². The molecule has 1 aromatic carbocycles. The summed E-state index contributed by atoms with van der Waals surface area (Å²) in [6.45, 7) is 0.596. The molecule has 6 heteroatoms. The number of carbonyl (C=O) groups is 1. The van der Waals surface area contributed by atoms with Crippen LogP contribution in [0.5, 0.6) is 0 Å². The first-order valence-electron chi connectivity index (χ1n) is 6.02. The molecule has 19 heavy (non-hydrogen) atoms. The van der Waals surface area contributed by atoms with Crippen molar-refractivity contribution < 1.29 is 13.2 Å². The fourth-order valence-electron chi connectivity index (χ4n) is 1.65. The van der Waals surface area contributed by atoms with Crippen LogP contribution in [0.4, 0.5) is 0 Å². The standard InChI is InChI=1S/C13H20N2O3S/c1-15(7-8-19(2,17)18)13(16)9-11-5-3-4-6-12(11)10-14/h3-6H,7-10,14H2,1-2H3. The van der Waals surface area contributed by atoms with Crippen molar-refractivity contribution in [2.45, 2.75) is 13.0 Å². The van der Waals surface area contributed by atoms with Crippen LogP contribution in [0, 0.1) is 0 Å². The highest BCUT2D eigenvalue weighted by Gasteiger charge is 2.13. The highest BCUT2D eigenvalue weighted by molar-refractivity contribution is 7.90. The van der Waals surface area contributed by atoms with Gasteiger partial charge in [0.2, 0.25) is 5.91 Å². The Kier molecular flexibility index (Phi) is 5.50. The zero-order chi connectivity index (χ0) is 14.5. The quantitative estimate of drug-likeness (QED) is 0.808. The molecule has 0 aromatic heterocycles. The van der Waals surface area contributed by atoms with Crippen LogP contribution in [0.3, 0.4) is 0 Å². The fraction of sp³-hybridized carbons (Fsp3) is 0.462. The Morgan fingerprint density at radius 1 is 1.26 bits per heavy atom. The molecule has 0 aliphatic carbocycles. The Bertz CT molecular complexity index is 541. The summed E-state index contributed by atoms with van der Waals surface area (Å²) in [4.78, 5) is 13.4. The SMILES string of the molecule is CN(CCS(C)(=O)=O)C(=O)Cc1ccccc1CN. The Morgan fingerprint density at radius 3 is 2.37 bits per heavy atom. The highest BCUT2D eigenvalue weighted by atomic mass is 32.2. The summed E-state index contributed by atoms with van der Waals surface area (Å²) in [5, 5.41) is 0. The maximum Gasteiger partial charge on any atom is 0.226 e. The zero-order valence-electron chi connectivity index (χ0n) is 11.3. The Morgan fingerprint density at radius 2 is 1.84 bits per heavy atom. The van der Waals surface area contributed by atoms with Gasteiger partial charge in [0.05, 0.1) is 12.2 Å². The lowest BCUT2D eigenvalue weighted by Gasteiger charge is -2.17. The first-order valence-corrected chi connectivity index (χ1v) is 8.08. The van der Waals surface area contributed by atoms with E-state index >= 15 is 0 Å². The van der Waals surface area contributed by atoms with Gasteiger partial charge >= 0.3 is 0 Å². The molecule has 0 atom stereocenters. The van der Waals surface area contributed by atoms with E-state index in [0.717, 1.165) is 17.4 Å². The minimum absolute atomic E-state index is 0.0201. The third kappa shape index (κ3) is 5.40. The van der Waals surface area contributed by atoms with Gasteiger partial charge in [-0.2, -0.15) is 0 Å². The average Bonchev–Trinajstić information content (AvgIpc) is 2.35. The maximum absolute atomic E-state index is 12.0. The van der Waals surface area contributed by atoms with E-state index in [2.05, 4.69) is 0 Å². The van der Waals surface area contributed by atoms with Gasteiger partial charge in [-0.05, 0) is 11.1 Å². The minimum atomic E-state index is -3.05. The lowest BCUT2D eigenvalue weighted by Crippen LogP contribution is -2.32. The molecule has 2 N–H and O–H groups in total. The van der Waals surface area contributed by atoms with Crippen molar-refractivity contribution >= 4 is 15.7 Å². The van der Waals surface area contributed by atoms with Crippen molar-refractivity contribution in [2.75, 3.05) is 25.6 Å². The van der Waals surface area contributed by atoms with E-state index in [9.17, 15) is 13.2 Å². The number of nitrogens with zero attached hydrogens (tertiary/aromatic N) is 1. The highest BCUT2D eigenvalue weighted by Crippen LogP contribution is 2.09. The number of rotatable bonds is 6. The van der Waals surface area contributed by atoms with Crippen molar-refractivity contribution in [2.24, 2.45) is 5.73 Å².